The fourth-order valence-electron chi connectivity index (χ4n) is 1.08. The van der Waals surface area contributed by atoms with Crippen molar-refractivity contribution in [2.45, 2.75) is 4.90 Å². The van der Waals surface area contributed by atoms with Crippen LogP contribution < -0.4 is 0 Å². The Balaban J connectivity index is 2.91. The van der Waals surface area contributed by atoms with Crippen molar-refractivity contribution in [3.8, 4) is 6.07 Å². The smallest absolute Gasteiger partial charge is 0.179 e. The maximum Gasteiger partial charge on any atom is 0.179 e. The van der Waals surface area contributed by atoms with Crippen molar-refractivity contribution >= 4 is 20.6 Å². The quantitative estimate of drug-likeness (QED) is 0.796. The van der Waals surface area contributed by atoms with Gasteiger partial charge in [-0.2, -0.15) is 5.26 Å². The van der Waals surface area contributed by atoms with E-state index in [-0.39, 0.29) is 16.4 Å². The maximum atomic E-state index is 11.7. The fourth-order valence-corrected chi connectivity index (χ4v) is 3.68. The van der Waals surface area contributed by atoms with Crippen molar-refractivity contribution in [1.82, 2.24) is 0 Å². The molecule has 0 radical (unpaired) electrons. The van der Waals surface area contributed by atoms with E-state index in [2.05, 4.69) is 0 Å². The van der Waals surface area contributed by atoms with Crippen LogP contribution in [0.1, 0.15) is 5.56 Å². The molecular formula is C10H11NO3S2. The third kappa shape index (κ3) is 3.43. The molecule has 0 N–H and O–H groups in total. The molecule has 86 valence electrons. The zero-order valence-corrected chi connectivity index (χ0v) is 10.3. The van der Waals surface area contributed by atoms with E-state index in [4.69, 9.17) is 5.26 Å². The van der Waals surface area contributed by atoms with Crippen LogP contribution in [0.2, 0.25) is 0 Å². The molecule has 0 aliphatic carbocycles. The van der Waals surface area contributed by atoms with Crippen LogP contribution in [0.4, 0.5) is 0 Å². The normalized spacial score (nSPS) is 13.0. The van der Waals surface area contributed by atoms with E-state index in [9.17, 15) is 12.6 Å². The number of benzene rings is 1. The number of hydrogen-bond acceptors (Lipinski definition) is 4. The Hall–Kier alpha value is -1.19. The van der Waals surface area contributed by atoms with Crippen LogP contribution in [0, 0.1) is 11.3 Å². The average Bonchev–Trinajstić information content (AvgIpc) is 2.27. The summed E-state index contributed by atoms with van der Waals surface area (Å²) in [4.78, 5) is 0.164. The van der Waals surface area contributed by atoms with Crippen LogP contribution in [0.25, 0.3) is 0 Å². The SMILES string of the molecule is CS(=O)CCS(=O)(=O)c1ccc(C#N)cc1. The van der Waals surface area contributed by atoms with Crippen molar-refractivity contribution in [3.05, 3.63) is 29.8 Å². The van der Waals surface area contributed by atoms with Gasteiger partial charge in [0.15, 0.2) is 9.84 Å². The zero-order valence-electron chi connectivity index (χ0n) is 8.71. The van der Waals surface area contributed by atoms with E-state index in [1.54, 1.807) is 0 Å². The summed E-state index contributed by atoms with van der Waals surface area (Å²) in [5, 5.41) is 8.57. The largest absolute Gasteiger partial charge is 0.260 e. The lowest BCUT2D eigenvalue weighted by atomic mass is 10.2. The molecule has 1 unspecified atom stereocenters. The molecule has 1 aromatic carbocycles. The highest BCUT2D eigenvalue weighted by Gasteiger charge is 2.14. The van der Waals surface area contributed by atoms with Gasteiger partial charge >= 0.3 is 0 Å². The van der Waals surface area contributed by atoms with Gasteiger partial charge in [0.1, 0.15) is 0 Å². The molecule has 0 spiro atoms. The van der Waals surface area contributed by atoms with E-state index in [1.807, 2.05) is 6.07 Å². The van der Waals surface area contributed by atoms with Gasteiger partial charge in [-0.3, -0.25) is 4.21 Å². The van der Waals surface area contributed by atoms with E-state index >= 15 is 0 Å². The minimum Gasteiger partial charge on any atom is -0.260 e. The molecule has 0 aliphatic heterocycles. The lowest BCUT2D eigenvalue weighted by Crippen LogP contribution is -2.12. The lowest BCUT2D eigenvalue weighted by Gasteiger charge is -2.02. The van der Waals surface area contributed by atoms with Gasteiger partial charge in [-0.05, 0) is 24.3 Å². The Morgan fingerprint density at radius 3 is 2.31 bits per heavy atom. The van der Waals surface area contributed by atoms with Crippen molar-refractivity contribution in [3.63, 3.8) is 0 Å². The first-order valence-corrected chi connectivity index (χ1v) is 7.86. The molecule has 0 bridgehead atoms. The van der Waals surface area contributed by atoms with Gasteiger partial charge in [0.2, 0.25) is 0 Å². The molecule has 0 fully saturated rings. The first kappa shape index (κ1) is 12.9. The van der Waals surface area contributed by atoms with E-state index < -0.39 is 20.6 Å². The summed E-state index contributed by atoms with van der Waals surface area (Å²) in [7, 11) is -4.51. The minimum absolute atomic E-state index is 0.127. The molecule has 1 aromatic rings. The molecule has 4 nitrogen and oxygen atoms in total. The Bertz CT molecular complexity index is 526. The Labute approximate surface area is 97.3 Å². The number of sulfone groups is 1. The molecule has 0 aromatic heterocycles. The Morgan fingerprint density at radius 1 is 1.31 bits per heavy atom. The van der Waals surface area contributed by atoms with Crippen LogP contribution in [0.5, 0.6) is 0 Å². The second-order valence-electron chi connectivity index (χ2n) is 3.23. The van der Waals surface area contributed by atoms with Gasteiger partial charge in [0, 0.05) is 22.8 Å². The highest BCUT2D eigenvalue weighted by Crippen LogP contribution is 2.12. The summed E-state index contributed by atoms with van der Waals surface area (Å²) in [5.74, 6) is -0.00958. The van der Waals surface area contributed by atoms with Crippen LogP contribution in [0.15, 0.2) is 29.2 Å². The predicted octanol–water partition coefficient (Wildman–Crippen LogP) is 0.710. The third-order valence-corrected chi connectivity index (χ3v) is 4.75. The molecule has 0 saturated heterocycles. The molecule has 0 aliphatic rings. The van der Waals surface area contributed by atoms with Gasteiger partial charge in [-0.1, -0.05) is 0 Å². The standard InChI is InChI=1S/C10H11NO3S2/c1-15(12)6-7-16(13,14)10-4-2-9(8-11)3-5-10/h2-5H,6-7H2,1H3. The second kappa shape index (κ2) is 5.23. The Kier molecular flexibility index (Phi) is 4.21. The van der Waals surface area contributed by atoms with Crippen LogP contribution in [-0.4, -0.2) is 30.4 Å². The Morgan fingerprint density at radius 2 is 1.88 bits per heavy atom. The lowest BCUT2D eigenvalue weighted by molar-refractivity contribution is 0.597. The molecule has 16 heavy (non-hydrogen) atoms. The van der Waals surface area contributed by atoms with Crippen LogP contribution in [0.3, 0.4) is 0 Å². The summed E-state index contributed by atoms with van der Waals surface area (Å²) >= 11 is 0. The number of nitriles is 1. The first-order chi connectivity index (χ1) is 7.45. The topological polar surface area (TPSA) is 75.0 Å². The summed E-state index contributed by atoms with van der Waals surface area (Å²) < 4.78 is 34.3. The number of nitrogens with zero attached hydrogens (tertiary/aromatic N) is 1. The van der Waals surface area contributed by atoms with Crippen molar-refractivity contribution in [2.75, 3.05) is 17.8 Å². The molecule has 1 atom stereocenters. The van der Waals surface area contributed by atoms with Crippen molar-refractivity contribution < 1.29 is 12.6 Å². The van der Waals surface area contributed by atoms with Crippen molar-refractivity contribution in [1.29, 1.82) is 5.26 Å². The number of rotatable bonds is 4. The molecule has 1 rings (SSSR count). The van der Waals surface area contributed by atoms with Gasteiger partial charge in [0.25, 0.3) is 0 Å². The molecule has 6 heteroatoms. The maximum absolute atomic E-state index is 11.7. The summed E-state index contributed by atoms with van der Waals surface area (Å²) in [6.07, 6.45) is 1.47. The zero-order chi connectivity index (χ0) is 12.2. The van der Waals surface area contributed by atoms with Gasteiger partial charge in [-0.15, -0.1) is 0 Å². The molecular weight excluding hydrogens is 246 g/mol. The summed E-state index contributed by atoms with van der Waals surface area (Å²) in [6, 6.07) is 7.61. The minimum atomic E-state index is -3.38. The summed E-state index contributed by atoms with van der Waals surface area (Å²) in [6.45, 7) is 0. The molecule has 0 saturated carbocycles. The molecule has 0 heterocycles. The second-order valence-corrected chi connectivity index (χ2v) is 6.90. The fraction of sp³-hybridized carbons (Fsp3) is 0.300. The van der Waals surface area contributed by atoms with E-state index in [0.717, 1.165) is 0 Å². The average molecular weight is 257 g/mol. The van der Waals surface area contributed by atoms with E-state index in [1.165, 1.54) is 30.5 Å². The third-order valence-electron chi connectivity index (χ3n) is 1.98. The summed E-state index contributed by atoms with van der Waals surface area (Å²) in [5.41, 5.74) is 0.415. The van der Waals surface area contributed by atoms with Gasteiger partial charge < -0.3 is 0 Å². The predicted molar refractivity (Wildman–Crippen MR) is 62.1 cm³/mol. The first-order valence-electron chi connectivity index (χ1n) is 4.48. The highest BCUT2D eigenvalue weighted by molar-refractivity contribution is 7.93. The highest BCUT2D eigenvalue weighted by atomic mass is 32.2. The van der Waals surface area contributed by atoms with Crippen molar-refractivity contribution in [2.24, 2.45) is 0 Å². The number of hydrogen-bond donors (Lipinski definition) is 0. The van der Waals surface area contributed by atoms with Gasteiger partial charge in [0.05, 0.1) is 22.3 Å². The molecule has 0 amide bonds. The monoisotopic (exact) mass is 257 g/mol. The van der Waals surface area contributed by atoms with Crippen LogP contribution in [-0.2, 0) is 20.6 Å². The van der Waals surface area contributed by atoms with Crippen LogP contribution >= 0.6 is 0 Å². The van der Waals surface area contributed by atoms with E-state index in [0.29, 0.717) is 5.56 Å². The van der Waals surface area contributed by atoms with Gasteiger partial charge in [-0.25, -0.2) is 8.42 Å².